The molecule has 0 saturated heterocycles. The lowest BCUT2D eigenvalue weighted by atomic mass is 10.1. The zero-order valence-corrected chi connectivity index (χ0v) is 11.1. The molecule has 0 amide bonds. The van der Waals surface area contributed by atoms with Crippen LogP contribution in [0.5, 0.6) is 5.75 Å². The second-order valence-electron chi connectivity index (χ2n) is 3.72. The summed E-state index contributed by atoms with van der Waals surface area (Å²) < 4.78 is 5.60. The van der Waals surface area contributed by atoms with Gasteiger partial charge in [-0.3, -0.25) is 0 Å². The van der Waals surface area contributed by atoms with Crippen molar-refractivity contribution in [2.45, 2.75) is 20.3 Å². The number of thiocarbonyl (C=S) groups is 1. The monoisotopic (exact) mass is 257 g/mol. The summed E-state index contributed by atoms with van der Waals surface area (Å²) in [6.45, 7) is 4.50. The van der Waals surface area contributed by atoms with E-state index in [0.29, 0.717) is 11.6 Å². The first-order chi connectivity index (χ1) is 7.54. The molecule has 4 heteroatoms. The lowest BCUT2D eigenvalue weighted by Gasteiger charge is -2.12. The average molecular weight is 258 g/mol. The van der Waals surface area contributed by atoms with E-state index in [-0.39, 0.29) is 5.92 Å². The number of halogens is 1. The molecular formula is C12H16ClNOS. The second kappa shape index (κ2) is 6.06. The fourth-order valence-electron chi connectivity index (χ4n) is 1.22. The Balaban J connectivity index is 2.64. The van der Waals surface area contributed by atoms with Crippen molar-refractivity contribution >= 4 is 28.8 Å². The average Bonchev–Trinajstić information content (AvgIpc) is 2.27. The van der Waals surface area contributed by atoms with Crippen LogP contribution in [0.25, 0.3) is 0 Å². The SMILES string of the molecule is CCc1cc(OCC(C)C(N)=S)ccc1Cl. The Morgan fingerprint density at radius 1 is 1.56 bits per heavy atom. The summed E-state index contributed by atoms with van der Waals surface area (Å²) >= 11 is 10.9. The van der Waals surface area contributed by atoms with Crippen LogP contribution in [0.3, 0.4) is 0 Å². The predicted molar refractivity (Wildman–Crippen MR) is 72.3 cm³/mol. The third-order valence-electron chi connectivity index (χ3n) is 2.38. The number of aryl methyl sites for hydroxylation is 1. The molecule has 0 radical (unpaired) electrons. The van der Waals surface area contributed by atoms with Gasteiger partial charge in [-0.1, -0.05) is 37.7 Å². The van der Waals surface area contributed by atoms with E-state index in [9.17, 15) is 0 Å². The maximum atomic E-state index is 6.01. The molecule has 0 aliphatic heterocycles. The van der Waals surface area contributed by atoms with Crippen LogP contribution in [0.1, 0.15) is 19.4 Å². The number of rotatable bonds is 5. The zero-order chi connectivity index (χ0) is 12.1. The summed E-state index contributed by atoms with van der Waals surface area (Å²) in [4.78, 5) is 0.477. The van der Waals surface area contributed by atoms with E-state index in [1.165, 1.54) is 0 Å². The lowest BCUT2D eigenvalue weighted by molar-refractivity contribution is 0.293. The maximum absolute atomic E-state index is 6.01. The molecule has 16 heavy (non-hydrogen) atoms. The minimum atomic E-state index is 0.0794. The van der Waals surface area contributed by atoms with Gasteiger partial charge in [0.25, 0.3) is 0 Å². The first-order valence-electron chi connectivity index (χ1n) is 5.25. The molecular weight excluding hydrogens is 242 g/mol. The van der Waals surface area contributed by atoms with Crippen molar-refractivity contribution in [1.29, 1.82) is 0 Å². The van der Waals surface area contributed by atoms with E-state index in [4.69, 9.17) is 34.3 Å². The molecule has 0 bridgehead atoms. The number of hydrogen-bond acceptors (Lipinski definition) is 2. The fraction of sp³-hybridized carbons (Fsp3) is 0.417. The highest BCUT2D eigenvalue weighted by molar-refractivity contribution is 7.80. The van der Waals surface area contributed by atoms with Crippen LogP contribution < -0.4 is 10.5 Å². The first kappa shape index (κ1) is 13.3. The third-order valence-corrected chi connectivity index (χ3v) is 3.15. The molecule has 2 nitrogen and oxygen atoms in total. The van der Waals surface area contributed by atoms with E-state index >= 15 is 0 Å². The van der Waals surface area contributed by atoms with Crippen molar-refractivity contribution in [3.05, 3.63) is 28.8 Å². The molecule has 0 heterocycles. The van der Waals surface area contributed by atoms with Crippen molar-refractivity contribution in [1.82, 2.24) is 0 Å². The summed E-state index contributed by atoms with van der Waals surface area (Å²) in [5, 5.41) is 0.775. The Bertz CT molecular complexity index is 381. The van der Waals surface area contributed by atoms with E-state index in [1.807, 2.05) is 25.1 Å². The largest absolute Gasteiger partial charge is 0.493 e. The van der Waals surface area contributed by atoms with Crippen LogP contribution in [0.15, 0.2) is 18.2 Å². The number of nitrogens with two attached hydrogens (primary N) is 1. The molecule has 1 atom stereocenters. The van der Waals surface area contributed by atoms with E-state index in [2.05, 4.69) is 6.92 Å². The Hall–Kier alpha value is -0.800. The van der Waals surface area contributed by atoms with Gasteiger partial charge in [-0.15, -0.1) is 0 Å². The van der Waals surface area contributed by atoms with Gasteiger partial charge in [0.15, 0.2) is 0 Å². The molecule has 0 spiro atoms. The quantitative estimate of drug-likeness (QED) is 0.823. The van der Waals surface area contributed by atoms with Crippen LogP contribution in [-0.2, 0) is 6.42 Å². The van der Waals surface area contributed by atoms with Crippen molar-refractivity contribution in [2.75, 3.05) is 6.61 Å². The molecule has 0 aromatic heterocycles. The van der Waals surface area contributed by atoms with Gasteiger partial charge in [0.1, 0.15) is 5.75 Å². The van der Waals surface area contributed by atoms with Gasteiger partial charge in [0.2, 0.25) is 0 Å². The molecule has 0 aliphatic rings. The summed E-state index contributed by atoms with van der Waals surface area (Å²) in [7, 11) is 0. The van der Waals surface area contributed by atoms with Gasteiger partial charge >= 0.3 is 0 Å². The van der Waals surface area contributed by atoms with Crippen LogP contribution in [0, 0.1) is 5.92 Å². The molecule has 0 fully saturated rings. The van der Waals surface area contributed by atoms with Crippen molar-refractivity contribution in [2.24, 2.45) is 11.7 Å². The van der Waals surface area contributed by atoms with Crippen molar-refractivity contribution in [3.63, 3.8) is 0 Å². The lowest BCUT2D eigenvalue weighted by Crippen LogP contribution is -2.24. The highest BCUT2D eigenvalue weighted by atomic mass is 35.5. The highest BCUT2D eigenvalue weighted by Crippen LogP contribution is 2.22. The minimum absolute atomic E-state index is 0.0794. The van der Waals surface area contributed by atoms with Crippen LogP contribution >= 0.6 is 23.8 Å². The highest BCUT2D eigenvalue weighted by Gasteiger charge is 2.07. The molecule has 88 valence electrons. The molecule has 0 aliphatic carbocycles. The Kier molecular flexibility index (Phi) is 5.03. The summed E-state index contributed by atoms with van der Waals surface area (Å²) in [5.74, 6) is 0.889. The number of hydrogen-bond donors (Lipinski definition) is 1. The van der Waals surface area contributed by atoms with Gasteiger partial charge in [-0.05, 0) is 30.2 Å². The molecule has 1 unspecified atom stereocenters. The standard InChI is InChI=1S/C12H16ClNOS/c1-3-9-6-10(4-5-11(9)13)15-7-8(2)12(14)16/h4-6,8H,3,7H2,1-2H3,(H2,14,16). The van der Waals surface area contributed by atoms with E-state index in [1.54, 1.807) is 0 Å². The van der Waals surface area contributed by atoms with Crippen LogP contribution in [0.2, 0.25) is 5.02 Å². The van der Waals surface area contributed by atoms with Crippen molar-refractivity contribution in [3.8, 4) is 5.75 Å². The van der Waals surface area contributed by atoms with Gasteiger partial charge in [0.05, 0.1) is 11.6 Å². The molecule has 1 rings (SSSR count). The summed E-state index contributed by atoms with van der Waals surface area (Å²) in [6.07, 6.45) is 0.890. The number of benzene rings is 1. The molecule has 0 saturated carbocycles. The fourth-order valence-corrected chi connectivity index (χ4v) is 1.53. The second-order valence-corrected chi connectivity index (χ2v) is 4.60. The van der Waals surface area contributed by atoms with Gasteiger partial charge in [-0.25, -0.2) is 0 Å². The van der Waals surface area contributed by atoms with Gasteiger partial charge < -0.3 is 10.5 Å². The first-order valence-corrected chi connectivity index (χ1v) is 6.03. The predicted octanol–water partition coefficient (Wildman–Crippen LogP) is 3.20. The Morgan fingerprint density at radius 2 is 2.25 bits per heavy atom. The topological polar surface area (TPSA) is 35.2 Å². The maximum Gasteiger partial charge on any atom is 0.119 e. The zero-order valence-electron chi connectivity index (χ0n) is 9.50. The van der Waals surface area contributed by atoms with Gasteiger partial charge in [0, 0.05) is 10.9 Å². The summed E-state index contributed by atoms with van der Waals surface area (Å²) in [5.41, 5.74) is 6.60. The smallest absolute Gasteiger partial charge is 0.119 e. The number of ether oxygens (including phenoxy) is 1. The Morgan fingerprint density at radius 3 is 2.81 bits per heavy atom. The minimum Gasteiger partial charge on any atom is -0.493 e. The third kappa shape index (κ3) is 3.65. The molecule has 2 N–H and O–H groups in total. The van der Waals surface area contributed by atoms with E-state index < -0.39 is 0 Å². The normalized spacial score (nSPS) is 12.2. The Labute approximate surface area is 107 Å². The van der Waals surface area contributed by atoms with Crippen LogP contribution in [0.4, 0.5) is 0 Å². The molecule has 1 aromatic rings. The molecule has 1 aromatic carbocycles. The van der Waals surface area contributed by atoms with E-state index in [0.717, 1.165) is 22.8 Å². The van der Waals surface area contributed by atoms with Crippen LogP contribution in [-0.4, -0.2) is 11.6 Å². The summed E-state index contributed by atoms with van der Waals surface area (Å²) in [6, 6.07) is 5.66. The van der Waals surface area contributed by atoms with Gasteiger partial charge in [-0.2, -0.15) is 0 Å². The van der Waals surface area contributed by atoms with Crippen molar-refractivity contribution < 1.29 is 4.74 Å².